The fourth-order valence-electron chi connectivity index (χ4n) is 6.45. The van der Waals surface area contributed by atoms with E-state index >= 15 is 0 Å². The molecule has 1 unspecified atom stereocenters. The fourth-order valence-corrected chi connectivity index (χ4v) is 7.17. The number of carbonyl (C=O) groups is 2. The Kier molecular flexibility index (Phi) is 8.55. The third kappa shape index (κ3) is 5.90. The van der Waals surface area contributed by atoms with Gasteiger partial charge in [0.2, 0.25) is 5.91 Å². The van der Waals surface area contributed by atoms with Crippen LogP contribution in [0.4, 0.5) is 22.9 Å². The quantitative estimate of drug-likeness (QED) is 0.215. The number of aromatic nitrogens is 5. The van der Waals surface area contributed by atoms with Crippen LogP contribution in [0.15, 0.2) is 53.7 Å². The largest absolute Gasteiger partial charge is 0.364 e. The van der Waals surface area contributed by atoms with Gasteiger partial charge in [-0.1, -0.05) is 25.1 Å². The van der Waals surface area contributed by atoms with Crippen molar-refractivity contribution in [2.75, 3.05) is 48.5 Å². The molecule has 1 aromatic carbocycles. The second-order valence-electron chi connectivity index (χ2n) is 12.7. The van der Waals surface area contributed by atoms with E-state index in [1.807, 2.05) is 37.2 Å². The summed E-state index contributed by atoms with van der Waals surface area (Å²) in [5.41, 5.74) is 5.72. The molecule has 16 heteroatoms. The van der Waals surface area contributed by atoms with Gasteiger partial charge in [-0.25, -0.2) is 4.98 Å². The zero-order valence-electron chi connectivity index (χ0n) is 27.8. The molecule has 1 saturated heterocycles. The van der Waals surface area contributed by atoms with Crippen LogP contribution >= 0.6 is 0 Å². The summed E-state index contributed by atoms with van der Waals surface area (Å²) in [6, 6.07) is 12.8. The Balaban J connectivity index is 1.16. The second kappa shape index (κ2) is 12.7. The summed E-state index contributed by atoms with van der Waals surface area (Å²) < 4.78 is 14.4. The molecule has 4 aromatic rings. The average Bonchev–Trinajstić information content (AvgIpc) is 3.85. The number of para-hydroxylation sites is 1. The minimum absolute atomic E-state index is 0.00736. The highest BCUT2D eigenvalue weighted by atomic mass is 32.2. The van der Waals surface area contributed by atoms with Gasteiger partial charge in [-0.05, 0) is 43.3 Å². The van der Waals surface area contributed by atoms with Crippen LogP contribution in [-0.2, 0) is 20.9 Å². The van der Waals surface area contributed by atoms with Gasteiger partial charge < -0.3 is 25.8 Å². The normalized spacial score (nSPS) is 18.2. The molecular formula is C33H36B2N10O3S. The number of anilines is 4. The topological polar surface area (TPSA) is 150 Å². The van der Waals surface area contributed by atoms with Gasteiger partial charge in [-0.15, -0.1) is 10.2 Å². The molecule has 3 aromatic heterocycles. The molecule has 0 spiro atoms. The maximum atomic E-state index is 12.8. The Bertz CT molecular complexity index is 1980. The minimum atomic E-state index is -1.33. The predicted molar refractivity (Wildman–Crippen MR) is 190 cm³/mol. The molecule has 3 N–H and O–H groups in total. The van der Waals surface area contributed by atoms with Crippen molar-refractivity contribution >= 4 is 61.2 Å². The minimum Gasteiger partial charge on any atom is -0.364 e. The molecule has 49 heavy (non-hydrogen) atoms. The standard InChI is InChI=1S/C33H36B2N10O3S/c1-5-49(48)27-11-7-10-25(39-27)33(34,35)44-16-20(17-44)45-29-18(2)43(4)30-21(22(29)15-37-45)8-6-9-23(30)38-24-14-26(40-31(46)19-12-13-19)41-42-28(24)32(47)36-3/h6-11,14-15,18-20H,5,12-13,16-17H2,1-4H3,(H,36,47)(H2,38,40,41,46)/t18-,49?/m1/s1. The first kappa shape index (κ1) is 33.0. The number of hydrogen-bond acceptors (Lipinski definition) is 10. The lowest BCUT2D eigenvalue weighted by Crippen LogP contribution is -2.60. The van der Waals surface area contributed by atoms with E-state index in [0.717, 1.165) is 41.0 Å². The number of rotatable bonds is 10. The summed E-state index contributed by atoms with van der Waals surface area (Å²) in [5.74, 6) is 0.221. The van der Waals surface area contributed by atoms with Gasteiger partial charge in [0.1, 0.15) is 5.03 Å². The highest BCUT2D eigenvalue weighted by Crippen LogP contribution is 2.49. The number of amides is 2. The molecule has 2 amide bonds. The van der Waals surface area contributed by atoms with Crippen molar-refractivity contribution in [3.63, 3.8) is 0 Å². The molecule has 3 aliphatic rings. The SMILES string of the molecule is [B]C([B])(c1cccc(S(=O)CC)n1)N1CC(n2ncc3c2[C@@H](C)N(C)c2c(Nc4cc(NC(=O)C5CC5)nnc4C(=O)NC)cccc2-3)C1. The summed E-state index contributed by atoms with van der Waals surface area (Å²) in [6.07, 6.45) is 3.60. The van der Waals surface area contributed by atoms with E-state index in [-0.39, 0.29) is 35.4 Å². The first-order chi connectivity index (χ1) is 23.5. The Labute approximate surface area is 289 Å². The number of hydrogen-bond donors (Lipinski definition) is 3. The molecular weight excluding hydrogens is 638 g/mol. The van der Waals surface area contributed by atoms with Crippen LogP contribution in [0.5, 0.6) is 0 Å². The molecule has 7 rings (SSSR count). The molecule has 13 nitrogen and oxygen atoms in total. The number of pyridine rings is 1. The third-order valence-corrected chi connectivity index (χ3v) is 10.8. The Morgan fingerprint density at radius 3 is 2.53 bits per heavy atom. The van der Waals surface area contributed by atoms with E-state index in [1.54, 1.807) is 24.3 Å². The van der Waals surface area contributed by atoms with Crippen LogP contribution in [0.25, 0.3) is 11.1 Å². The van der Waals surface area contributed by atoms with Crippen molar-refractivity contribution < 1.29 is 13.8 Å². The summed E-state index contributed by atoms with van der Waals surface area (Å²) >= 11 is 0. The van der Waals surface area contributed by atoms with Crippen LogP contribution in [0.3, 0.4) is 0 Å². The molecule has 0 bridgehead atoms. The summed E-state index contributed by atoms with van der Waals surface area (Å²) in [5, 5.41) is 21.1. The van der Waals surface area contributed by atoms with Crippen molar-refractivity contribution in [3.05, 3.63) is 65.7 Å². The number of carbonyl (C=O) groups excluding carboxylic acids is 2. The number of benzene rings is 1. The van der Waals surface area contributed by atoms with Crippen LogP contribution in [0.2, 0.25) is 0 Å². The lowest BCUT2D eigenvalue weighted by molar-refractivity contribution is -0.117. The van der Waals surface area contributed by atoms with Gasteiger partial charge in [-0.2, -0.15) is 5.10 Å². The summed E-state index contributed by atoms with van der Waals surface area (Å²) in [4.78, 5) is 33.9. The predicted octanol–water partition coefficient (Wildman–Crippen LogP) is 2.83. The molecule has 2 aliphatic heterocycles. The van der Waals surface area contributed by atoms with Gasteiger partial charge >= 0.3 is 0 Å². The van der Waals surface area contributed by atoms with E-state index < -0.39 is 22.0 Å². The van der Waals surface area contributed by atoms with E-state index in [4.69, 9.17) is 20.8 Å². The first-order valence-electron chi connectivity index (χ1n) is 16.3. The van der Waals surface area contributed by atoms with Crippen LogP contribution in [0.1, 0.15) is 60.6 Å². The zero-order valence-corrected chi connectivity index (χ0v) is 28.6. The number of nitrogens with one attached hydrogen (secondary N) is 3. The number of nitrogens with zero attached hydrogens (tertiary/aromatic N) is 7. The number of likely N-dealkylation sites (tertiary alicyclic amines) is 1. The fraction of sp³-hybridized carbons (Fsp3) is 0.394. The van der Waals surface area contributed by atoms with E-state index in [2.05, 4.69) is 53.7 Å². The van der Waals surface area contributed by atoms with Gasteiger partial charge in [0.15, 0.2) is 11.5 Å². The van der Waals surface area contributed by atoms with Crippen LogP contribution < -0.4 is 20.9 Å². The van der Waals surface area contributed by atoms with E-state index in [1.165, 1.54) is 7.05 Å². The van der Waals surface area contributed by atoms with Gasteiger partial charge in [0.25, 0.3) is 5.91 Å². The summed E-state index contributed by atoms with van der Waals surface area (Å²) in [6.45, 7) is 5.09. The Morgan fingerprint density at radius 2 is 1.82 bits per heavy atom. The third-order valence-electron chi connectivity index (χ3n) is 9.56. The maximum Gasteiger partial charge on any atom is 0.273 e. The van der Waals surface area contributed by atoms with Crippen molar-refractivity contribution in [1.82, 2.24) is 35.2 Å². The Morgan fingerprint density at radius 1 is 1.06 bits per heavy atom. The van der Waals surface area contributed by atoms with Crippen molar-refractivity contribution in [2.24, 2.45) is 5.92 Å². The van der Waals surface area contributed by atoms with Crippen molar-refractivity contribution in [2.45, 2.75) is 49.1 Å². The summed E-state index contributed by atoms with van der Waals surface area (Å²) in [7, 11) is 15.6. The molecule has 4 radical (unpaired) electrons. The maximum absolute atomic E-state index is 12.8. The smallest absolute Gasteiger partial charge is 0.273 e. The first-order valence-corrected chi connectivity index (χ1v) is 17.6. The number of fused-ring (bicyclic) bond motifs is 3. The lowest BCUT2D eigenvalue weighted by Gasteiger charge is -2.50. The molecule has 248 valence electrons. The Hall–Kier alpha value is -4.56. The second-order valence-corrected chi connectivity index (χ2v) is 14.4. The molecule has 2 fully saturated rings. The molecule has 5 heterocycles. The van der Waals surface area contributed by atoms with Gasteiger partial charge in [0, 0.05) is 61.7 Å². The lowest BCUT2D eigenvalue weighted by atomic mass is 9.57. The van der Waals surface area contributed by atoms with Crippen LogP contribution in [0, 0.1) is 5.92 Å². The molecule has 1 aliphatic carbocycles. The average molecular weight is 674 g/mol. The van der Waals surface area contributed by atoms with Crippen LogP contribution in [-0.4, -0.2) is 94.5 Å². The highest BCUT2D eigenvalue weighted by molar-refractivity contribution is 7.84. The van der Waals surface area contributed by atoms with E-state index in [9.17, 15) is 13.8 Å². The zero-order chi connectivity index (χ0) is 34.6. The highest BCUT2D eigenvalue weighted by Gasteiger charge is 2.42. The monoisotopic (exact) mass is 674 g/mol. The van der Waals surface area contributed by atoms with Gasteiger partial charge in [0.05, 0.1) is 67.5 Å². The van der Waals surface area contributed by atoms with E-state index in [0.29, 0.717) is 35.2 Å². The molecule has 1 saturated carbocycles. The van der Waals surface area contributed by atoms with Crippen molar-refractivity contribution in [3.8, 4) is 11.1 Å². The van der Waals surface area contributed by atoms with Crippen molar-refractivity contribution in [1.29, 1.82) is 0 Å². The molecule has 2 atom stereocenters. The van der Waals surface area contributed by atoms with Gasteiger partial charge in [-0.3, -0.25) is 18.5 Å².